The molecule has 1 aromatic carbocycles. The van der Waals surface area contributed by atoms with Gasteiger partial charge in [-0.1, -0.05) is 15.9 Å². The van der Waals surface area contributed by atoms with Crippen molar-refractivity contribution < 1.29 is 14.7 Å². The number of carboxylic acid groups (broad SMARTS) is 1. The van der Waals surface area contributed by atoms with Crippen LogP contribution in [0.4, 0.5) is 5.69 Å². The number of nitriles is 1. The van der Waals surface area contributed by atoms with Gasteiger partial charge in [-0.25, -0.2) is 9.78 Å². The molecule has 0 fully saturated rings. The third-order valence-corrected chi connectivity index (χ3v) is 3.08. The molecule has 6 nitrogen and oxygen atoms in total. The van der Waals surface area contributed by atoms with Gasteiger partial charge in [-0.3, -0.25) is 4.79 Å². The summed E-state index contributed by atoms with van der Waals surface area (Å²) < 4.78 is 0.717. The molecule has 0 bridgehead atoms. The number of carbonyl (C=O) groups excluding carboxylic acids is 1. The number of halogens is 1. The lowest BCUT2D eigenvalue weighted by molar-refractivity contribution is 0.0690. The Balaban J connectivity index is 2.28. The molecule has 1 aromatic heterocycles. The van der Waals surface area contributed by atoms with Crippen LogP contribution in [-0.2, 0) is 0 Å². The first-order valence-corrected chi connectivity index (χ1v) is 6.51. The molecule has 2 rings (SSSR count). The summed E-state index contributed by atoms with van der Waals surface area (Å²) in [6.45, 7) is 0. The fraction of sp³-hybridized carbons (Fsp3) is 0. The number of nitrogens with zero attached hydrogens (tertiary/aromatic N) is 2. The molecule has 0 aliphatic heterocycles. The fourth-order valence-electron chi connectivity index (χ4n) is 1.60. The van der Waals surface area contributed by atoms with E-state index in [9.17, 15) is 9.59 Å². The third-order valence-electron chi connectivity index (χ3n) is 2.59. The lowest BCUT2D eigenvalue weighted by atomic mass is 10.1. The number of carbonyl (C=O) groups is 2. The quantitative estimate of drug-likeness (QED) is 0.889. The van der Waals surface area contributed by atoms with Crippen molar-refractivity contribution in [3.63, 3.8) is 0 Å². The molecule has 0 radical (unpaired) electrons. The van der Waals surface area contributed by atoms with Crippen LogP contribution in [0.25, 0.3) is 0 Å². The third kappa shape index (κ3) is 3.43. The molecule has 1 amide bonds. The Labute approximate surface area is 128 Å². The molecule has 21 heavy (non-hydrogen) atoms. The van der Waals surface area contributed by atoms with Gasteiger partial charge in [0.05, 0.1) is 11.3 Å². The predicted molar refractivity (Wildman–Crippen MR) is 78.0 cm³/mol. The number of carboxylic acids is 1. The summed E-state index contributed by atoms with van der Waals surface area (Å²) in [7, 11) is 0. The minimum atomic E-state index is -1.22. The number of benzene rings is 1. The number of aromatic carboxylic acids is 1. The molecular weight excluding hydrogens is 338 g/mol. The van der Waals surface area contributed by atoms with Crippen LogP contribution in [0, 0.1) is 11.3 Å². The molecule has 0 atom stereocenters. The van der Waals surface area contributed by atoms with Crippen molar-refractivity contribution in [2.45, 2.75) is 0 Å². The largest absolute Gasteiger partial charge is 0.477 e. The molecule has 0 aliphatic rings. The Morgan fingerprint density at radius 2 is 2.05 bits per heavy atom. The van der Waals surface area contributed by atoms with Gasteiger partial charge in [0.1, 0.15) is 11.8 Å². The summed E-state index contributed by atoms with van der Waals surface area (Å²) in [4.78, 5) is 26.6. The number of anilines is 1. The van der Waals surface area contributed by atoms with E-state index in [1.54, 1.807) is 18.2 Å². The molecule has 0 spiro atoms. The van der Waals surface area contributed by atoms with E-state index in [1.807, 2.05) is 6.07 Å². The van der Waals surface area contributed by atoms with Crippen LogP contribution in [-0.4, -0.2) is 22.0 Å². The first kappa shape index (κ1) is 14.7. The van der Waals surface area contributed by atoms with E-state index < -0.39 is 11.9 Å². The second-order valence-corrected chi connectivity index (χ2v) is 4.91. The van der Waals surface area contributed by atoms with Gasteiger partial charge in [0.2, 0.25) is 0 Å². The van der Waals surface area contributed by atoms with Crippen molar-refractivity contribution in [2.24, 2.45) is 0 Å². The molecule has 7 heteroatoms. The average Bonchev–Trinajstić information content (AvgIpc) is 2.49. The normalized spacial score (nSPS) is 9.71. The maximum atomic E-state index is 12.1. The smallest absolute Gasteiger partial charge is 0.354 e. The highest BCUT2D eigenvalue weighted by molar-refractivity contribution is 9.10. The minimum Gasteiger partial charge on any atom is -0.477 e. The molecule has 0 aliphatic carbocycles. The van der Waals surface area contributed by atoms with Crippen LogP contribution >= 0.6 is 15.9 Å². The van der Waals surface area contributed by atoms with Crippen molar-refractivity contribution in [1.29, 1.82) is 5.26 Å². The zero-order valence-electron chi connectivity index (χ0n) is 10.5. The summed E-state index contributed by atoms with van der Waals surface area (Å²) in [6.07, 6.45) is 1.24. The van der Waals surface area contributed by atoms with Crippen molar-refractivity contribution >= 4 is 33.5 Å². The Bertz CT molecular complexity index is 768. The maximum Gasteiger partial charge on any atom is 0.354 e. The Morgan fingerprint density at radius 1 is 1.29 bits per heavy atom. The van der Waals surface area contributed by atoms with E-state index in [1.165, 1.54) is 18.3 Å². The monoisotopic (exact) mass is 345 g/mol. The number of amides is 1. The molecular formula is C14H8BrN3O3. The molecule has 2 N–H and O–H groups in total. The van der Waals surface area contributed by atoms with Crippen LogP contribution < -0.4 is 5.32 Å². The molecule has 1 heterocycles. The van der Waals surface area contributed by atoms with Crippen LogP contribution in [0.2, 0.25) is 0 Å². The van der Waals surface area contributed by atoms with Crippen molar-refractivity contribution in [1.82, 2.24) is 4.98 Å². The standard InChI is InChI=1S/C14H8BrN3O3/c15-10-1-2-11(9(5-10)7-16)18-13(19)8-3-4-17-12(6-8)14(20)21/h1-6H,(H,18,19)(H,20,21). The van der Waals surface area contributed by atoms with Gasteiger partial charge in [0.25, 0.3) is 5.91 Å². The number of hydrogen-bond donors (Lipinski definition) is 2. The topological polar surface area (TPSA) is 103 Å². The zero-order chi connectivity index (χ0) is 15.4. The summed E-state index contributed by atoms with van der Waals surface area (Å²) in [5.41, 5.74) is 0.567. The van der Waals surface area contributed by atoms with Crippen molar-refractivity contribution in [3.05, 3.63) is 57.8 Å². The van der Waals surface area contributed by atoms with Gasteiger partial charge in [-0.15, -0.1) is 0 Å². The lowest BCUT2D eigenvalue weighted by Crippen LogP contribution is -2.14. The Hall–Kier alpha value is -2.72. The van der Waals surface area contributed by atoms with E-state index in [-0.39, 0.29) is 11.3 Å². The summed E-state index contributed by atoms with van der Waals surface area (Å²) >= 11 is 3.24. The maximum absolute atomic E-state index is 12.1. The highest BCUT2D eigenvalue weighted by Crippen LogP contribution is 2.21. The van der Waals surface area contributed by atoms with E-state index in [4.69, 9.17) is 10.4 Å². The van der Waals surface area contributed by atoms with Gasteiger partial charge in [0.15, 0.2) is 0 Å². The van der Waals surface area contributed by atoms with E-state index in [2.05, 4.69) is 26.2 Å². The number of aromatic nitrogens is 1. The minimum absolute atomic E-state index is 0.147. The van der Waals surface area contributed by atoms with Gasteiger partial charge in [-0.2, -0.15) is 5.26 Å². The SMILES string of the molecule is N#Cc1cc(Br)ccc1NC(=O)c1ccnc(C(=O)O)c1. The Kier molecular flexibility index (Phi) is 4.30. The van der Waals surface area contributed by atoms with Crippen molar-refractivity contribution in [3.8, 4) is 6.07 Å². The zero-order valence-corrected chi connectivity index (χ0v) is 12.1. The molecule has 2 aromatic rings. The van der Waals surface area contributed by atoms with Crippen molar-refractivity contribution in [2.75, 3.05) is 5.32 Å². The van der Waals surface area contributed by atoms with E-state index in [0.717, 1.165) is 0 Å². The number of pyridine rings is 1. The molecule has 0 saturated heterocycles. The van der Waals surface area contributed by atoms with Gasteiger partial charge in [-0.05, 0) is 30.3 Å². The fourth-order valence-corrected chi connectivity index (χ4v) is 1.96. The lowest BCUT2D eigenvalue weighted by Gasteiger charge is -2.07. The Morgan fingerprint density at radius 3 is 2.71 bits per heavy atom. The van der Waals surface area contributed by atoms with Crippen LogP contribution in [0.15, 0.2) is 41.0 Å². The second-order valence-electron chi connectivity index (χ2n) is 3.99. The van der Waals surface area contributed by atoms with Gasteiger partial charge in [0, 0.05) is 16.2 Å². The predicted octanol–water partition coefficient (Wildman–Crippen LogP) is 2.67. The summed E-state index contributed by atoms with van der Waals surface area (Å²) in [5.74, 6) is -1.73. The number of hydrogen-bond acceptors (Lipinski definition) is 4. The molecule has 0 saturated carbocycles. The van der Waals surface area contributed by atoms with Crippen LogP contribution in [0.3, 0.4) is 0 Å². The number of nitrogens with one attached hydrogen (secondary N) is 1. The number of rotatable bonds is 3. The highest BCUT2D eigenvalue weighted by Gasteiger charge is 2.12. The highest BCUT2D eigenvalue weighted by atomic mass is 79.9. The molecule has 0 unspecified atom stereocenters. The summed E-state index contributed by atoms with van der Waals surface area (Å²) in [5, 5.41) is 20.5. The summed E-state index contributed by atoms with van der Waals surface area (Å²) in [6, 6.07) is 9.38. The van der Waals surface area contributed by atoms with Gasteiger partial charge < -0.3 is 10.4 Å². The molecule has 104 valence electrons. The van der Waals surface area contributed by atoms with Crippen LogP contribution in [0.5, 0.6) is 0 Å². The van der Waals surface area contributed by atoms with E-state index >= 15 is 0 Å². The average molecular weight is 346 g/mol. The second kappa shape index (κ2) is 6.15. The van der Waals surface area contributed by atoms with E-state index in [0.29, 0.717) is 15.7 Å². The first-order valence-electron chi connectivity index (χ1n) is 5.71. The first-order chi connectivity index (χ1) is 10.0. The van der Waals surface area contributed by atoms with Gasteiger partial charge >= 0.3 is 5.97 Å². The van der Waals surface area contributed by atoms with Crippen LogP contribution in [0.1, 0.15) is 26.4 Å².